The highest BCUT2D eigenvalue weighted by Crippen LogP contribution is 2.23. The van der Waals surface area contributed by atoms with Crippen molar-refractivity contribution in [2.45, 2.75) is 26.2 Å². The Balaban J connectivity index is 1.43. The first-order chi connectivity index (χ1) is 14.7. The van der Waals surface area contributed by atoms with E-state index >= 15 is 0 Å². The zero-order chi connectivity index (χ0) is 20.8. The van der Waals surface area contributed by atoms with E-state index in [0.29, 0.717) is 17.9 Å². The molecule has 1 atom stereocenters. The van der Waals surface area contributed by atoms with Gasteiger partial charge in [-0.05, 0) is 62.5 Å². The van der Waals surface area contributed by atoms with Gasteiger partial charge in [-0.1, -0.05) is 43.3 Å². The van der Waals surface area contributed by atoms with Crippen LogP contribution in [0.4, 0.5) is 11.5 Å². The lowest BCUT2D eigenvalue weighted by Crippen LogP contribution is -2.36. The molecule has 30 heavy (non-hydrogen) atoms. The molecule has 1 aliphatic heterocycles. The lowest BCUT2D eigenvalue weighted by molar-refractivity contribution is 0.0951. The van der Waals surface area contributed by atoms with E-state index in [1.165, 1.54) is 25.9 Å². The summed E-state index contributed by atoms with van der Waals surface area (Å²) in [4.78, 5) is 20.2. The Morgan fingerprint density at radius 1 is 1.13 bits per heavy atom. The highest BCUT2D eigenvalue weighted by atomic mass is 16.1. The molecule has 2 aromatic carbocycles. The Bertz CT molecular complexity index is 989. The minimum absolute atomic E-state index is 0.0447. The molecule has 0 saturated carbocycles. The lowest BCUT2D eigenvalue weighted by atomic mass is 10.0. The second-order valence-corrected chi connectivity index (χ2v) is 8.22. The number of likely N-dealkylation sites (tertiary alicyclic amines) is 1. The Morgan fingerprint density at radius 2 is 1.93 bits per heavy atom. The monoisotopic (exact) mass is 402 g/mol. The number of pyridine rings is 1. The smallest absolute Gasteiger partial charge is 0.252 e. The fourth-order valence-electron chi connectivity index (χ4n) is 4.19. The molecule has 3 aromatic rings. The summed E-state index contributed by atoms with van der Waals surface area (Å²) in [5, 5.41) is 7.29. The van der Waals surface area contributed by atoms with E-state index in [-0.39, 0.29) is 5.91 Å². The Kier molecular flexibility index (Phi) is 6.60. The number of carbonyl (C=O) groups is 1. The van der Waals surface area contributed by atoms with Crippen LogP contribution in [0.25, 0.3) is 10.9 Å². The fourth-order valence-corrected chi connectivity index (χ4v) is 4.19. The molecule has 2 heterocycles. The van der Waals surface area contributed by atoms with Gasteiger partial charge in [-0.25, -0.2) is 4.98 Å². The van der Waals surface area contributed by atoms with Crippen LogP contribution in [0, 0.1) is 5.92 Å². The number of piperidine rings is 1. The Hall–Kier alpha value is -2.92. The first kappa shape index (κ1) is 20.4. The third-order valence-electron chi connectivity index (χ3n) is 5.68. The minimum atomic E-state index is -0.0447. The molecule has 4 rings (SSSR count). The zero-order valence-electron chi connectivity index (χ0n) is 17.6. The summed E-state index contributed by atoms with van der Waals surface area (Å²) in [5.74, 6) is 1.41. The molecule has 5 nitrogen and oxygen atoms in total. The quantitative estimate of drug-likeness (QED) is 0.556. The van der Waals surface area contributed by atoms with Crippen LogP contribution in [0.1, 0.15) is 36.5 Å². The van der Waals surface area contributed by atoms with Gasteiger partial charge in [-0.15, -0.1) is 0 Å². The molecule has 2 N–H and O–H groups in total. The maximum Gasteiger partial charge on any atom is 0.252 e. The number of benzene rings is 2. The van der Waals surface area contributed by atoms with Gasteiger partial charge in [0.15, 0.2) is 0 Å². The minimum Gasteiger partial charge on any atom is -0.352 e. The van der Waals surface area contributed by atoms with Gasteiger partial charge in [0, 0.05) is 24.2 Å². The van der Waals surface area contributed by atoms with E-state index in [4.69, 9.17) is 0 Å². The summed E-state index contributed by atoms with van der Waals surface area (Å²) in [5.41, 5.74) is 2.42. The van der Waals surface area contributed by atoms with Gasteiger partial charge < -0.3 is 15.5 Å². The van der Waals surface area contributed by atoms with Gasteiger partial charge in [0.05, 0.1) is 11.1 Å². The van der Waals surface area contributed by atoms with E-state index in [1.807, 2.05) is 60.7 Å². The van der Waals surface area contributed by atoms with Crippen LogP contribution in [0.2, 0.25) is 0 Å². The molecule has 1 aliphatic rings. The normalized spacial score (nSPS) is 17.0. The van der Waals surface area contributed by atoms with E-state index in [9.17, 15) is 4.79 Å². The van der Waals surface area contributed by atoms with E-state index < -0.39 is 0 Å². The van der Waals surface area contributed by atoms with Crippen molar-refractivity contribution in [1.29, 1.82) is 0 Å². The zero-order valence-corrected chi connectivity index (χ0v) is 17.6. The van der Waals surface area contributed by atoms with Crippen molar-refractivity contribution < 1.29 is 4.79 Å². The van der Waals surface area contributed by atoms with Gasteiger partial charge in [-0.3, -0.25) is 4.79 Å². The number of nitrogens with one attached hydrogen (secondary N) is 2. The van der Waals surface area contributed by atoms with Crippen LogP contribution >= 0.6 is 0 Å². The maximum absolute atomic E-state index is 13.0. The Labute approximate surface area is 178 Å². The van der Waals surface area contributed by atoms with Gasteiger partial charge in [0.1, 0.15) is 5.82 Å². The lowest BCUT2D eigenvalue weighted by Gasteiger charge is -2.30. The third kappa shape index (κ3) is 5.16. The molecule has 1 saturated heterocycles. The number of hydrogen-bond donors (Lipinski definition) is 2. The second kappa shape index (κ2) is 9.72. The molecule has 1 fully saturated rings. The van der Waals surface area contributed by atoms with Gasteiger partial charge in [0.25, 0.3) is 5.91 Å². The Morgan fingerprint density at radius 3 is 2.77 bits per heavy atom. The average Bonchev–Trinajstić information content (AvgIpc) is 2.77. The number of para-hydroxylation sites is 2. The van der Waals surface area contributed by atoms with Gasteiger partial charge in [0.2, 0.25) is 0 Å². The molecule has 1 amide bonds. The van der Waals surface area contributed by atoms with Crippen molar-refractivity contribution in [3.8, 4) is 0 Å². The topological polar surface area (TPSA) is 57.3 Å². The molecule has 0 bridgehead atoms. The number of amides is 1. The summed E-state index contributed by atoms with van der Waals surface area (Å²) < 4.78 is 0. The number of carbonyl (C=O) groups excluding carboxylic acids is 1. The third-order valence-corrected chi connectivity index (χ3v) is 5.68. The van der Waals surface area contributed by atoms with Crippen molar-refractivity contribution >= 4 is 28.3 Å². The van der Waals surface area contributed by atoms with Crippen LogP contribution in [0.15, 0.2) is 60.7 Å². The predicted molar refractivity (Wildman–Crippen MR) is 123 cm³/mol. The van der Waals surface area contributed by atoms with Crippen LogP contribution in [-0.2, 0) is 0 Å². The second-order valence-electron chi connectivity index (χ2n) is 8.22. The average molecular weight is 403 g/mol. The van der Waals surface area contributed by atoms with Crippen LogP contribution in [0.3, 0.4) is 0 Å². The molecular formula is C25H30N4O. The number of anilines is 2. The van der Waals surface area contributed by atoms with Gasteiger partial charge in [-0.2, -0.15) is 0 Å². The van der Waals surface area contributed by atoms with Crippen LogP contribution in [-0.4, -0.2) is 42.0 Å². The molecule has 1 unspecified atom stereocenters. The summed E-state index contributed by atoms with van der Waals surface area (Å²) >= 11 is 0. The molecule has 156 valence electrons. The van der Waals surface area contributed by atoms with E-state index in [2.05, 4.69) is 27.4 Å². The molecule has 1 aromatic heterocycles. The highest BCUT2D eigenvalue weighted by molar-refractivity contribution is 6.07. The SMILES string of the molecule is CC1CCCN(CCCNC(=O)c2cc(Nc3ccccc3)nc3ccccc23)C1. The summed E-state index contributed by atoms with van der Waals surface area (Å²) in [7, 11) is 0. The highest BCUT2D eigenvalue weighted by Gasteiger charge is 2.16. The van der Waals surface area contributed by atoms with Crippen LogP contribution < -0.4 is 10.6 Å². The molecule has 5 heteroatoms. The number of fused-ring (bicyclic) bond motifs is 1. The number of hydrogen-bond acceptors (Lipinski definition) is 4. The van der Waals surface area contributed by atoms with Crippen molar-refractivity contribution in [3.63, 3.8) is 0 Å². The summed E-state index contributed by atoms with van der Waals surface area (Å²) in [6.07, 6.45) is 3.59. The van der Waals surface area contributed by atoms with Crippen molar-refractivity contribution in [3.05, 3.63) is 66.2 Å². The first-order valence-corrected chi connectivity index (χ1v) is 10.9. The van der Waals surface area contributed by atoms with Crippen molar-refractivity contribution in [2.75, 3.05) is 31.5 Å². The van der Waals surface area contributed by atoms with Crippen LogP contribution in [0.5, 0.6) is 0 Å². The van der Waals surface area contributed by atoms with Gasteiger partial charge >= 0.3 is 0 Å². The predicted octanol–water partition coefficient (Wildman–Crippen LogP) is 4.83. The number of rotatable bonds is 7. The number of nitrogens with zero attached hydrogens (tertiary/aromatic N) is 2. The summed E-state index contributed by atoms with van der Waals surface area (Å²) in [6.45, 7) is 6.41. The fraction of sp³-hybridized carbons (Fsp3) is 0.360. The first-order valence-electron chi connectivity index (χ1n) is 10.9. The largest absolute Gasteiger partial charge is 0.352 e. The standard InChI is InChI=1S/C25H30N4O/c1-19-9-7-15-29(18-19)16-8-14-26-25(30)22-17-24(27-20-10-3-2-4-11-20)28-23-13-6-5-12-21(22)23/h2-6,10-13,17,19H,7-9,14-16,18H2,1H3,(H,26,30)(H,27,28). The molecule has 0 spiro atoms. The number of aromatic nitrogens is 1. The van der Waals surface area contributed by atoms with E-state index in [0.717, 1.165) is 35.5 Å². The molecule has 0 aliphatic carbocycles. The molecular weight excluding hydrogens is 372 g/mol. The van der Waals surface area contributed by atoms with E-state index in [1.54, 1.807) is 0 Å². The maximum atomic E-state index is 13.0. The van der Waals surface area contributed by atoms with Crippen molar-refractivity contribution in [2.24, 2.45) is 5.92 Å². The summed E-state index contributed by atoms with van der Waals surface area (Å²) in [6, 6.07) is 19.5. The van der Waals surface area contributed by atoms with Crippen molar-refractivity contribution in [1.82, 2.24) is 15.2 Å². The molecule has 0 radical (unpaired) electrons.